The van der Waals surface area contributed by atoms with Crippen molar-refractivity contribution in [3.8, 4) is 0 Å². The topological polar surface area (TPSA) is 57.4 Å². The average Bonchev–Trinajstić information content (AvgIpc) is 2.44. The van der Waals surface area contributed by atoms with Gasteiger partial charge in [0, 0.05) is 24.7 Å². The fraction of sp³-hybridized carbons (Fsp3) is 0.438. The van der Waals surface area contributed by atoms with Gasteiger partial charge in [0.05, 0.1) is 17.7 Å². The molecule has 2 N–H and O–H groups in total. The predicted molar refractivity (Wildman–Crippen MR) is 81.5 cm³/mol. The van der Waals surface area contributed by atoms with Crippen LogP contribution in [0, 0.1) is 0 Å². The Morgan fingerprint density at radius 2 is 2.00 bits per heavy atom. The number of hydrogen-bond donors (Lipinski definition) is 1. The molecule has 0 atom stereocenters. The minimum absolute atomic E-state index is 0.160. The first-order chi connectivity index (χ1) is 9.52. The van der Waals surface area contributed by atoms with E-state index < -0.39 is 0 Å². The lowest BCUT2D eigenvalue weighted by Crippen LogP contribution is -2.24. The molecule has 0 saturated carbocycles. The number of nitrogens with two attached hydrogens (primary N) is 1. The quantitative estimate of drug-likeness (QED) is 0.822. The molecule has 0 amide bonds. The maximum Gasteiger partial charge on any atom is 0.129 e. The zero-order valence-electron chi connectivity index (χ0n) is 12.3. The highest BCUT2D eigenvalue weighted by atomic mass is 16.5. The summed E-state index contributed by atoms with van der Waals surface area (Å²) in [4.78, 5) is 4.39. The fourth-order valence-corrected chi connectivity index (χ4v) is 1.89. The minimum atomic E-state index is -0.160. The Bertz CT molecular complexity index is 582. The molecule has 0 bridgehead atoms. The van der Waals surface area contributed by atoms with Crippen LogP contribution in [0.5, 0.6) is 0 Å². The molecular formula is C16H22N2O2. The van der Waals surface area contributed by atoms with E-state index in [0.29, 0.717) is 19.0 Å². The fourth-order valence-electron chi connectivity index (χ4n) is 1.89. The standard InChI is InChI=1S/C16H22N2O2/c1-16(2,19-3)8-9-20-11-13-10-12-6-4-5-7-14(12)18-15(13)17/h4-7,10H,8-9,11H2,1-3H3,(H2,17,18). The number of benzene rings is 1. The van der Waals surface area contributed by atoms with Crippen molar-refractivity contribution in [1.29, 1.82) is 0 Å². The summed E-state index contributed by atoms with van der Waals surface area (Å²) in [5.41, 5.74) is 7.65. The number of pyridine rings is 1. The van der Waals surface area contributed by atoms with Gasteiger partial charge in [-0.2, -0.15) is 0 Å². The van der Waals surface area contributed by atoms with Crippen molar-refractivity contribution < 1.29 is 9.47 Å². The zero-order chi connectivity index (χ0) is 14.6. The summed E-state index contributed by atoms with van der Waals surface area (Å²) in [6, 6.07) is 9.97. The molecule has 0 aliphatic rings. The smallest absolute Gasteiger partial charge is 0.129 e. The van der Waals surface area contributed by atoms with Crippen molar-refractivity contribution in [3.63, 3.8) is 0 Å². The van der Waals surface area contributed by atoms with E-state index in [-0.39, 0.29) is 5.60 Å². The molecule has 0 aliphatic heterocycles. The summed E-state index contributed by atoms with van der Waals surface area (Å²) in [5.74, 6) is 0.537. The van der Waals surface area contributed by atoms with E-state index in [1.807, 2.05) is 44.2 Å². The number of nitrogens with zero attached hydrogens (tertiary/aromatic N) is 1. The van der Waals surface area contributed by atoms with E-state index in [4.69, 9.17) is 15.2 Å². The molecule has 1 aromatic carbocycles. The molecule has 0 aliphatic carbocycles. The first kappa shape index (κ1) is 14.8. The monoisotopic (exact) mass is 274 g/mol. The van der Waals surface area contributed by atoms with Crippen LogP contribution >= 0.6 is 0 Å². The van der Waals surface area contributed by atoms with Gasteiger partial charge in [-0.05, 0) is 32.4 Å². The Morgan fingerprint density at radius 3 is 2.75 bits per heavy atom. The van der Waals surface area contributed by atoms with Crippen LogP contribution in [-0.2, 0) is 16.1 Å². The van der Waals surface area contributed by atoms with Gasteiger partial charge in [-0.3, -0.25) is 0 Å². The number of aromatic nitrogens is 1. The third-order valence-electron chi connectivity index (χ3n) is 3.50. The highest BCUT2D eigenvalue weighted by Gasteiger charge is 2.15. The highest BCUT2D eigenvalue weighted by molar-refractivity contribution is 5.81. The van der Waals surface area contributed by atoms with Crippen LogP contribution in [0.25, 0.3) is 10.9 Å². The summed E-state index contributed by atoms with van der Waals surface area (Å²) in [5, 5.41) is 1.08. The van der Waals surface area contributed by atoms with Crippen LogP contribution in [0.4, 0.5) is 5.82 Å². The van der Waals surface area contributed by atoms with Gasteiger partial charge < -0.3 is 15.2 Å². The first-order valence-electron chi connectivity index (χ1n) is 6.79. The number of nitrogen functional groups attached to an aromatic ring is 1. The van der Waals surface area contributed by atoms with Gasteiger partial charge in [-0.1, -0.05) is 18.2 Å². The van der Waals surface area contributed by atoms with Gasteiger partial charge in [0.15, 0.2) is 0 Å². The molecule has 1 aromatic heterocycles. The van der Waals surface area contributed by atoms with Gasteiger partial charge in [0.1, 0.15) is 5.82 Å². The molecule has 0 spiro atoms. The van der Waals surface area contributed by atoms with Crippen LogP contribution < -0.4 is 5.73 Å². The number of fused-ring (bicyclic) bond motifs is 1. The van der Waals surface area contributed by atoms with E-state index in [1.54, 1.807) is 7.11 Å². The summed E-state index contributed by atoms with van der Waals surface area (Å²) in [6.07, 6.45) is 0.838. The average molecular weight is 274 g/mol. The molecule has 108 valence electrons. The van der Waals surface area contributed by atoms with Crippen LogP contribution in [-0.4, -0.2) is 24.3 Å². The molecule has 20 heavy (non-hydrogen) atoms. The largest absolute Gasteiger partial charge is 0.383 e. The second kappa shape index (κ2) is 6.20. The van der Waals surface area contributed by atoms with E-state index in [2.05, 4.69) is 4.98 Å². The molecule has 0 fully saturated rings. The van der Waals surface area contributed by atoms with Gasteiger partial charge >= 0.3 is 0 Å². The summed E-state index contributed by atoms with van der Waals surface area (Å²) in [7, 11) is 1.71. The SMILES string of the molecule is COC(C)(C)CCOCc1cc2ccccc2nc1N. The van der Waals surface area contributed by atoms with Crippen molar-refractivity contribution in [2.45, 2.75) is 32.5 Å². The molecule has 2 rings (SSSR count). The van der Waals surface area contributed by atoms with Crippen molar-refractivity contribution in [2.24, 2.45) is 0 Å². The second-order valence-corrected chi connectivity index (χ2v) is 5.49. The first-order valence-corrected chi connectivity index (χ1v) is 6.79. The molecule has 0 saturated heterocycles. The molecular weight excluding hydrogens is 252 g/mol. The van der Waals surface area contributed by atoms with Crippen LogP contribution in [0.2, 0.25) is 0 Å². The van der Waals surface area contributed by atoms with Crippen molar-refractivity contribution in [2.75, 3.05) is 19.5 Å². The van der Waals surface area contributed by atoms with E-state index in [9.17, 15) is 0 Å². The van der Waals surface area contributed by atoms with E-state index in [0.717, 1.165) is 22.9 Å². The second-order valence-electron chi connectivity index (χ2n) is 5.49. The molecule has 0 unspecified atom stereocenters. The number of rotatable bonds is 6. The number of hydrogen-bond acceptors (Lipinski definition) is 4. The minimum Gasteiger partial charge on any atom is -0.383 e. The number of para-hydroxylation sites is 1. The lowest BCUT2D eigenvalue weighted by molar-refractivity contribution is -0.0124. The van der Waals surface area contributed by atoms with Gasteiger partial charge in [0.2, 0.25) is 0 Å². The zero-order valence-corrected chi connectivity index (χ0v) is 12.3. The Morgan fingerprint density at radius 1 is 1.25 bits per heavy atom. The molecule has 2 aromatic rings. The number of ether oxygens (including phenoxy) is 2. The summed E-state index contributed by atoms with van der Waals surface area (Å²) in [6.45, 7) is 5.20. The normalized spacial score (nSPS) is 11.9. The lowest BCUT2D eigenvalue weighted by atomic mass is 10.1. The lowest BCUT2D eigenvalue weighted by Gasteiger charge is -2.22. The van der Waals surface area contributed by atoms with Crippen molar-refractivity contribution >= 4 is 16.7 Å². The Balaban J connectivity index is 1.98. The molecule has 0 radical (unpaired) electrons. The van der Waals surface area contributed by atoms with Gasteiger partial charge in [0.25, 0.3) is 0 Å². The van der Waals surface area contributed by atoms with Crippen LogP contribution in [0.15, 0.2) is 30.3 Å². The Labute approximate surface area is 119 Å². The maximum atomic E-state index is 5.97. The van der Waals surface area contributed by atoms with Gasteiger partial charge in [-0.15, -0.1) is 0 Å². The third kappa shape index (κ3) is 3.68. The van der Waals surface area contributed by atoms with Crippen molar-refractivity contribution in [3.05, 3.63) is 35.9 Å². The molecule has 1 heterocycles. The predicted octanol–water partition coefficient (Wildman–Crippen LogP) is 3.15. The molecule has 4 nitrogen and oxygen atoms in total. The van der Waals surface area contributed by atoms with Crippen molar-refractivity contribution in [1.82, 2.24) is 4.98 Å². The number of anilines is 1. The molecule has 4 heteroatoms. The summed E-state index contributed by atoms with van der Waals surface area (Å²) < 4.78 is 11.0. The van der Waals surface area contributed by atoms with Crippen LogP contribution in [0.1, 0.15) is 25.8 Å². The Kier molecular flexibility index (Phi) is 4.57. The highest BCUT2D eigenvalue weighted by Crippen LogP contribution is 2.19. The van der Waals surface area contributed by atoms with E-state index in [1.165, 1.54) is 0 Å². The maximum absolute atomic E-state index is 5.97. The summed E-state index contributed by atoms with van der Waals surface area (Å²) >= 11 is 0. The Hall–Kier alpha value is -1.65. The van der Waals surface area contributed by atoms with Crippen LogP contribution in [0.3, 0.4) is 0 Å². The number of methoxy groups -OCH3 is 1. The van der Waals surface area contributed by atoms with Gasteiger partial charge in [-0.25, -0.2) is 4.98 Å². The third-order valence-corrected chi connectivity index (χ3v) is 3.50. The van der Waals surface area contributed by atoms with E-state index >= 15 is 0 Å².